The highest BCUT2D eigenvalue weighted by Crippen LogP contribution is 2.05. The van der Waals surface area contributed by atoms with Gasteiger partial charge in [-0.2, -0.15) is 11.8 Å². The van der Waals surface area contributed by atoms with Gasteiger partial charge in [-0.25, -0.2) is 4.79 Å². The quantitative estimate of drug-likeness (QED) is 0.0785. The van der Waals surface area contributed by atoms with Crippen LogP contribution in [0.1, 0.15) is 24.8 Å². The summed E-state index contributed by atoms with van der Waals surface area (Å²) >= 11 is 1.45. The van der Waals surface area contributed by atoms with Crippen LogP contribution in [0.3, 0.4) is 0 Å². The fraction of sp³-hybridized carbons (Fsp3) is 0.500. The van der Waals surface area contributed by atoms with E-state index in [2.05, 4.69) is 20.9 Å². The number of hydrogen-bond acceptors (Lipinski definition) is 7. The maximum atomic E-state index is 12.7. The van der Waals surface area contributed by atoms with E-state index in [1.165, 1.54) is 11.8 Å². The van der Waals surface area contributed by atoms with Crippen LogP contribution in [0.5, 0.6) is 0 Å². The smallest absolute Gasteiger partial charge is 0.326 e. The standard InChI is InChI=1S/C22H35N7O5S/c1-35-11-9-17(21(33)34)29-20(32)16(8-5-10-26-22(24)25)28-18(30)13-27-19(31)15(23)12-14-6-3-2-4-7-14/h2-4,6-7,15-17H,5,8-13,23H2,1H3,(H,27,31)(H,28,30)(H,29,32)(H,33,34)(H4,24,25,26). The molecule has 0 aliphatic rings. The number of carboxylic acids is 1. The van der Waals surface area contributed by atoms with E-state index in [1.54, 1.807) is 0 Å². The van der Waals surface area contributed by atoms with E-state index in [0.717, 1.165) is 5.56 Å². The van der Waals surface area contributed by atoms with Crippen molar-refractivity contribution in [1.82, 2.24) is 16.0 Å². The summed E-state index contributed by atoms with van der Waals surface area (Å²) in [5, 5.41) is 16.8. The minimum Gasteiger partial charge on any atom is -0.480 e. The van der Waals surface area contributed by atoms with Crippen LogP contribution in [0.4, 0.5) is 0 Å². The van der Waals surface area contributed by atoms with Crippen molar-refractivity contribution >= 4 is 41.4 Å². The van der Waals surface area contributed by atoms with Gasteiger partial charge in [0, 0.05) is 6.54 Å². The van der Waals surface area contributed by atoms with Crippen molar-refractivity contribution in [3.63, 3.8) is 0 Å². The van der Waals surface area contributed by atoms with Gasteiger partial charge in [0.15, 0.2) is 5.96 Å². The lowest BCUT2D eigenvalue weighted by atomic mass is 10.1. The molecule has 0 heterocycles. The van der Waals surface area contributed by atoms with E-state index < -0.39 is 48.4 Å². The van der Waals surface area contributed by atoms with Gasteiger partial charge in [-0.3, -0.25) is 19.4 Å². The lowest BCUT2D eigenvalue weighted by molar-refractivity contribution is -0.142. The monoisotopic (exact) mass is 509 g/mol. The Morgan fingerprint density at radius 1 is 1.03 bits per heavy atom. The van der Waals surface area contributed by atoms with E-state index in [0.29, 0.717) is 18.6 Å². The maximum absolute atomic E-state index is 12.7. The number of aliphatic carboxylic acids is 1. The Balaban J connectivity index is 2.69. The summed E-state index contributed by atoms with van der Waals surface area (Å²) in [7, 11) is 0. The third kappa shape index (κ3) is 12.6. The van der Waals surface area contributed by atoms with Crippen molar-refractivity contribution in [2.45, 2.75) is 43.8 Å². The Morgan fingerprint density at radius 2 is 1.71 bits per heavy atom. The summed E-state index contributed by atoms with van der Waals surface area (Å²) < 4.78 is 0. The first-order valence-electron chi connectivity index (χ1n) is 11.1. The first-order valence-corrected chi connectivity index (χ1v) is 12.5. The molecule has 13 heteroatoms. The Bertz CT molecular complexity index is 865. The summed E-state index contributed by atoms with van der Waals surface area (Å²) in [6.45, 7) is -0.171. The molecule has 3 atom stereocenters. The third-order valence-corrected chi connectivity index (χ3v) is 5.52. The van der Waals surface area contributed by atoms with Crippen LogP contribution < -0.4 is 33.2 Å². The van der Waals surface area contributed by atoms with E-state index in [4.69, 9.17) is 17.2 Å². The molecular weight excluding hydrogens is 474 g/mol. The van der Waals surface area contributed by atoms with Gasteiger partial charge in [-0.15, -0.1) is 0 Å². The van der Waals surface area contributed by atoms with E-state index >= 15 is 0 Å². The SMILES string of the molecule is CSCCC(NC(=O)C(CCCN=C(N)N)NC(=O)CNC(=O)C(N)Cc1ccccc1)C(=O)O. The predicted molar refractivity (Wildman–Crippen MR) is 136 cm³/mol. The van der Waals surface area contributed by atoms with Crippen molar-refractivity contribution in [2.75, 3.05) is 25.1 Å². The molecule has 0 aliphatic heterocycles. The molecule has 0 bridgehead atoms. The Hall–Kier alpha value is -3.32. The van der Waals surface area contributed by atoms with Gasteiger partial charge in [0.1, 0.15) is 12.1 Å². The van der Waals surface area contributed by atoms with Crippen LogP contribution in [0.25, 0.3) is 0 Å². The minimum atomic E-state index is -1.17. The number of thioether (sulfide) groups is 1. The molecule has 0 spiro atoms. The second-order valence-corrected chi connectivity index (χ2v) is 8.75. The Kier molecular flexibility index (Phi) is 13.9. The molecular formula is C22H35N7O5S. The molecule has 1 aromatic carbocycles. The highest BCUT2D eigenvalue weighted by molar-refractivity contribution is 7.98. The number of carboxylic acid groups (broad SMARTS) is 1. The van der Waals surface area contributed by atoms with Crippen LogP contribution >= 0.6 is 11.8 Å². The molecule has 1 rings (SSSR count). The van der Waals surface area contributed by atoms with Crippen molar-refractivity contribution < 1.29 is 24.3 Å². The normalized spacial score (nSPS) is 13.1. The van der Waals surface area contributed by atoms with Crippen LogP contribution in [0.2, 0.25) is 0 Å². The van der Waals surface area contributed by atoms with Gasteiger partial charge in [0.05, 0.1) is 12.6 Å². The third-order valence-electron chi connectivity index (χ3n) is 4.88. The van der Waals surface area contributed by atoms with Crippen molar-refractivity contribution in [3.05, 3.63) is 35.9 Å². The van der Waals surface area contributed by atoms with Crippen molar-refractivity contribution in [2.24, 2.45) is 22.2 Å². The minimum absolute atomic E-state index is 0.104. The highest BCUT2D eigenvalue weighted by Gasteiger charge is 2.26. The van der Waals surface area contributed by atoms with Gasteiger partial charge in [0.2, 0.25) is 17.7 Å². The van der Waals surface area contributed by atoms with Crippen molar-refractivity contribution in [1.29, 1.82) is 0 Å². The Morgan fingerprint density at radius 3 is 2.31 bits per heavy atom. The number of carbonyl (C=O) groups excluding carboxylic acids is 3. The lowest BCUT2D eigenvalue weighted by Crippen LogP contribution is -2.54. The molecule has 194 valence electrons. The molecule has 35 heavy (non-hydrogen) atoms. The second kappa shape index (κ2) is 16.3. The topological polar surface area (TPSA) is 215 Å². The second-order valence-electron chi connectivity index (χ2n) is 7.76. The van der Waals surface area contributed by atoms with E-state index in [-0.39, 0.29) is 25.3 Å². The van der Waals surface area contributed by atoms with Crippen LogP contribution in [0.15, 0.2) is 35.3 Å². The van der Waals surface area contributed by atoms with Crippen LogP contribution in [0, 0.1) is 0 Å². The van der Waals surface area contributed by atoms with E-state index in [9.17, 15) is 24.3 Å². The summed E-state index contributed by atoms with van der Waals surface area (Å²) in [4.78, 5) is 52.8. The molecule has 0 aliphatic carbocycles. The number of amides is 3. The summed E-state index contributed by atoms with van der Waals surface area (Å²) in [5.74, 6) is -2.52. The molecule has 0 aromatic heterocycles. The van der Waals surface area contributed by atoms with Gasteiger partial charge in [0.25, 0.3) is 0 Å². The first kappa shape index (κ1) is 29.7. The van der Waals surface area contributed by atoms with Gasteiger partial charge >= 0.3 is 5.97 Å². The fourth-order valence-electron chi connectivity index (χ4n) is 3.04. The predicted octanol–water partition coefficient (Wildman–Crippen LogP) is -1.47. The van der Waals surface area contributed by atoms with Gasteiger partial charge in [-0.1, -0.05) is 30.3 Å². The van der Waals surface area contributed by atoms with Crippen LogP contribution in [-0.4, -0.2) is 78.0 Å². The number of nitrogens with zero attached hydrogens (tertiary/aromatic N) is 1. The summed E-state index contributed by atoms with van der Waals surface area (Å²) in [6.07, 6.45) is 2.87. The number of nitrogens with two attached hydrogens (primary N) is 3. The summed E-state index contributed by atoms with van der Waals surface area (Å²) in [6, 6.07) is 6.22. The molecule has 0 saturated heterocycles. The molecule has 0 saturated carbocycles. The Labute approximate surface area is 208 Å². The average Bonchev–Trinajstić information content (AvgIpc) is 2.82. The number of carbonyl (C=O) groups is 4. The number of rotatable bonds is 16. The van der Waals surface area contributed by atoms with E-state index in [1.807, 2.05) is 36.6 Å². The molecule has 0 radical (unpaired) electrons. The number of guanidine groups is 1. The zero-order chi connectivity index (χ0) is 26.2. The van der Waals surface area contributed by atoms with Crippen molar-refractivity contribution in [3.8, 4) is 0 Å². The first-order chi connectivity index (χ1) is 16.6. The van der Waals surface area contributed by atoms with Crippen LogP contribution in [-0.2, 0) is 25.6 Å². The molecule has 3 amide bonds. The summed E-state index contributed by atoms with van der Waals surface area (Å²) in [5.41, 5.74) is 17.4. The zero-order valence-electron chi connectivity index (χ0n) is 19.7. The largest absolute Gasteiger partial charge is 0.480 e. The molecule has 10 N–H and O–H groups in total. The number of aliphatic imine (C=N–C) groups is 1. The lowest BCUT2D eigenvalue weighted by Gasteiger charge is -2.21. The van der Waals surface area contributed by atoms with Gasteiger partial charge in [-0.05, 0) is 43.3 Å². The average molecular weight is 510 g/mol. The zero-order valence-corrected chi connectivity index (χ0v) is 20.6. The highest BCUT2D eigenvalue weighted by atomic mass is 32.2. The van der Waals surface area contributed by atoms with Gasteiger partial charge < -0.3 is 38.3 Å². The fourth-order valence-corrected chi connectivity index (χ4v) is 3.51. The molecule has 0 fully saturated rings. The number of benzene rings is 1. The molecule has 12 nitrogen and oxygen atoms in total. The maximum Gasteiger partial charge on any atom is 0.326 e. The number of hydrogen-bond donors (Lipinski definition) is 7. The molecule has 3 unspecified atom stereocenters. The number of nitrogens with one attached hydrogen (secondary N) is 3. The molecule has 1 aromatic rings.